The summed E-state index contributed by atoms with van der Waals surface area (Å²) in [7, 11) is 1.79. The first-order valence-electron chi connectivity index (χ1n) is 7.97. The second kappa shape index (κ2) is 8.19. The Balaban J connectivity index is 0.00000208. The van der Waals surface area contributed by atoms with Crippen LogP contribution in [0, 0.1) is 5.41 Å². The van der Waals surface area contributed by atoms with Gasteiger partial charge >= 0.3 is 0 Å². The van der Waals surface area contributed by atoms with E-state index in [4.69, 9.17) is 9.15 Å². The van der Waals surface area contributed by atoms with E-state index >= 15 is 0 Å². The van der Waals surface area contributed by atoms with Gasteiger partial charge in [-0.05, 0) is 12.1 Å². The van der Waals surface area contributed by atoms with Crippen molar-refractivity contribution in [2.24, 2.45) is 10.4 Å². The Morgan fingerprint density at radius 2 is 1.96 bits per heavy atom. The molecule has 2 aliphatic rings. The molecule has 0 saturated carbocycles. The summed E-state index contributed by atoms with van der Waals surface area (Å²) >= 11 is 0. The first kappa shape index (κ1) is 19.0. The standard InChI is InChI=1S/C16H24N4O3.HI/c1-16(11-22-12-16)10-18-15(17-2)20-7-5-19(6-8-20)14(21)13-4-3-9-23-13;/h3-4,9H,5-8,10-12H2,1-2H3,(H,17,18);1H. The number of halogens is 1. The molecule has 8 heteroatoms. The zero-order chi connectivity index (χ0) is 16.3. The van der Waals surface area contributed by atoms with Crippen LogP contribution in [0.1, 0.15) is 17.5 Å². The average Bonchev–Trinajstić information content (AvgIpc) is 3.08. The molecule has 24 heavy (non-hydrogen) atoms. The maximum Gasteiger partial charge on any atom is 0.289 e. The molecular formula is C16H25IN4O3. The van der Waals surface area contributed by atoms with Crippen molar-refractivity contribution in [2.75, 3.05) is 53.0 Å². The lowest BCUT2D eigenvalue weighted by Gasteiger charge is -2.40. The van der Waals surface area contributed by atoms with Gasteiger partial charge in [-0.3, -0.25) is 9.79 Å². The van der Waals surface area contributed by atoms with Crippen molar-refractivity contribution in [2.45, 2.75) is 6.92 Å². The molecule has 1 N–H and O–H groups in total. The summed E-state index contributed by atoms with van der Waals surface area (Å²) in [4.78, 5) is 20.6. The number of amides is 1. The summed E-state index contributed by atoms with van der Waals surface area (Å²) in [6, 6.07) is 3.44. The highest BCUT2D eigenvalue weighted by atomic mass is 127. The second-order valence-electron chi connectivity index (χ2n) is 6.46. The van der Waals surface area contributed by atoms with Crippen LogP contribution in [0.2, 0.25) is 0 Å². The molecule has 0 bridgehead atoms. The lowest BCUT2D eigenvalue weighted by atomic mass is 9.89. The molecule has 2 saturated heterocycles. The number of nitrogens with one attached hydrogen (secondary N) is 1. The fourth-order valence-electron chi connectivity index (χ4n) is 2.85. The van der Waals surface area contributed by atoms with Gasteiger partial charge < -0.3 is 24.3 Å². The lowest BCUT2D eigenvalue weighted by molar-refractivity contribution is -0.0973. The van der Waals surface area contributed by atoms with Gasteiger partial charge in [0.2, 0.25) is 0 Å². The van der Waals surface area contributed by atoms with Crippen LogP contribution in [0.5, 0.6) is 0 Å². The Hall–Kier alpha value is -1.29. The summed E-state index contributed by atoms with van der Waals surface area (Å²) in [5.41, 5.74) is 0.201. The number of guanidine groups is 1. The maximum absolute atomic E-state index is 12.3. The van der Waals surface area contributed by atoms with Crippen molar-refractivity contribution in [3.8, 4) is 0 Å². The predicted molar refractivity (Wildman–Crippen MR) is 102 cm³/mol. The molecule has 0 aromatic carbocycles. The van der Waals surface area contributed by atoms with Gasteiger partial charge in [0.25, 0.3) is 5.91 Å². The smallest absolute Gasteiger partial charge is 0.289 e. The largest absolute Gasteiger partial charge is 0.459 e. The van der Waals surface area contributed by atoms with Crippen molar-refractivity contribution < 1.29 is 13.9 Å². The minimum Gasteiger partial charge on any atom is -0.459 e. The molecule has 1 amide bonds. The summed E-state index contributed by atoms with van der Waals surface area (Å²) < 4.78 is 10.5. The van der Waals surface area contributed by atoms with E-state index < -0.39 is 0 Å². The van der Waals surface area contributed by atoms with Gasteiger partial charge in [-0.25, -0.2) is 0 Å². The van der Waals surface area contributed by atoms with Crippen molar-refractivity contribution in [1.29, 1.82) is 0 Å². The molecule has 0 unspecified atom stereocenters. The Labute approximate surface area is 159 Å². The van der Waals surface area contributed by atoms with Crippen molar-refractivity contribution in [1.82, 2.24) is 15.1 Å². The number of nitrogens with zero attached hydrogens (tertiary/aromatic N) is 3. The van der Waals surface area contributed by atoms with E-state index in [0.717, 1.165) is 38.8 Å². The number of carbonyl (C=O) groups is 1. The molecule has 0 atom stereocenters. The summed E-state index contributed by atoms with van der Waals surface area (Å²) in [6.07, 6.45) is 1.53. The summed E-state index contributed by atoms with van der Waals surface area (Å²) in [6.45, 7) is 7.51. The molecule has 1 aromatic rings. The van der Waals surface area contributed by atoms with Gasteiger partial charge in [-0.15, -0.1) is 24.0 Å². The second-order valence-corrected chi connectivity index (χ2v) is 6.46. The Bertz CT molecular complexity index is 564. The predicted octanol–water partition coefficient (Wildman–Crippen LogP) is 1.27. The minimum atomic E-state index is -0.0447. The number of piperazine rings is 1. The first-order chi connectivity index (χ1) is 11.1. The Morgan fingerprint density at radius 1 is 1.29 bits per heavy atom. The average molecular weight is 448 g/mol. The van der Waals surface area contributed by atoms with Gasteiger partial charge in [0, 0.05) is 45.2 Å². The van der Waals surface area contributed by atoms with Crippen LogP contribution in [0.4, 0.5) is 0 Å². The number of carbonyl (C=O) groups excluding carboxylic acids is 1. The number of ether oxygens (including phenoxy) is 1. The fraction of sp³-hybridized carbons (Fsp3) is 0.625. The van der Waals surface area contributed by atoms with Gasteiger partial charge in [-0.2, -0.15) is 0 Å². The van der Waals surface area contributed by atoms with Crippen LogP contribution < -0.4 is 5.32 Å². The highest BCUT2D eigenvalue weighted by Crippen LogP contribution is 2.25. The number of hydrogen-bond donors (Lipinski definition) is 1. The van der Waals surface area contributed by atoms with E-state index in [1.54, 1.807) is 19.2 Å². The molecule has 1 aromatic heterocycles. The third-order valence-electron chi connectivity index (χ3n) is 4.38. The summed E-state index contributed by atoms with van der Waals surface area (Å²) in [5.74, 6) is 1.25. The summed E-state index contributed by atoms with van der Waals surface area (Å²) in [5, 5.41) is 3.43. The fourth-order valence-corrected chi connectivity index (χ4v) is 2.85. The molecule has 134 valence electrons. The zero-order valence-electron chi connectivity index (χ0n) is 14.2. The monoisotopic (exact) mass is 448 g/mol. The van der Waals surface area contributed by atoms with Crippen LogP contribution in [-0.2, 0) is 4.74 Å². The Kier molecular flexibility index (Phi) is 6.50. The van der Waals surface area contributed by atoms with E-state index in [1.165, 1.54) is 6.26 Å². The number of hydrogen-bond acceptors (Lipinski definition) is 4. The van der Waals surface area contributed by atoms with Crippen molar-refractivity contribution in [3.63, 3.8) is 0 Å². The van der Waals surface area contributed by atoms with Gasteiger partial charge in [0.1, 0.15) is 0 Å². The number of furan rings is 1. The van der Waals surface area contributed by atoms with E-state index in [-0.39, 0.29) is 35.3 Å². The highest BCUT2D eigenvalue weighted by molar-refractivity contribution is 14.0. The van der Waals surface area contributed by atoms with E-state index in [2.05, 4.69) is 22.1 Å². The van der Waals surface area contributed by atoms with Gasteiger partial charge in [0.05, 0.1) is 19.5 Å². The number of aliphatic imine (C=N–C) groups is 1. The molecule has 0 radical (unpaired) electrons. The van der Waals surface area contributed by atoms with Crippen LogP contribution in [0.3, 0.4) is 0 Å². The van der Waals surface area contributed by atoms with Gasteiger partial charge in [-0.1, -0.05) is 6.92 Å². The molecule has 0 spiro atoms. The van der Waals surface area contributed by atoms with Gasteiger partial charge in [0.15, 0.2) is 11.7 Å². The van der Waals surface area contributed by atoms with Crippen molar-refractivity contribution >= 4 is 35.8 Å². The van der Waals surface area contributed by atoms with E-state index in [1.807, 2.05) is 4.90 Å². The number of rotatable bonds is 3. The topological polar surface area (TPSA) is 70.3 Å². The highest BCUT2D eigenvalue weighted by Gasteiger charge is 2.34. The third kappa shape index (κ3) is 4.21. The minimum absolute atomic E-state index is 0. The zero-order valence-corrected chi connectivity index (χ0v) is 16.5. The Morgan fingerprint density at radius 3 is 2.46 bits per heavy atom. The lowest BCUT2D eigenvalue weighted by Crippen LogP contribution is -2.56. The molecule has 7 nitrogen and oxygen atoms in total. The van der Waals surface area contributed by atoms with Crippen LogP contribution in [-0.4, -0.2) is 74.7 Å². The molecular weight excluding hydrogens is 423 g/mol. The normalized spacial score (nSPS) is 20.2. The van der Waals surface area contributed by atoms with E-state index in [9.17, 15) is 4.79 Å². The third-order valence-corrected chi connectivity index (χ3v) is 4.38. The SMILES string of the molecule is CN=C(NCC1(C)COC1)N1CCN(C(=O)c2ccco2)CC1.I. The first-order valence-corrected chi connectivity index (χ1v) is 7.97. The van der Waals surface area contributed by atoms with Crippen molar-refractivity contribution in [3.05, 3.63) is 24.2 Å². The van der Waals surface area contributed by atoms with E-state index in [0.29, 0.717) is 18.8 Å². The van der Waals surface area contributed by atoms with Crippen LogP contribution in [0.15, 0.2) is 27.8 Å². The maximum atomic E-state index is 12.3. The molecule has 0 aliphatic carbocycles. The molecule has 2 aliphatic heterocycles. The van der Waals surface area contributed by atoms with Crippen LogP contribution in [0.25, 0.3) is 0 Å². The van der Waals surface area contributed by atoms with Crippen LogP contribution >= 0.6 is 24.0 Å². The quantitative estimate of drug-likeness (QED) is 0.429. The molecule has 3 rings (SSSR count). The molecule has 2 fully saturated rings. The molecule has 3 heterocycles.